The van der Waals surface area contributed by atoms with E-state index in [0.29, 0.717) is 23.1 Å². The van der Waals surface area contributed by atoms with Crippen LogP contribution in [0.3, 0.4) is 0 Å². The number of likely N-dealkylation sites (tertiary alicyclic amines) is 2. The Balaban J connectivity index is 1.37. The predicted molar refractivity (Wildman–Crippen MR) is 151 cm³/mol. The van der Waals surface area contributed by atoms with E-state index in [1.165, 1.54) is 34.3 Å². The first kappa shape index (κ1) is 28.1. The molecule has 3 atom stereocenters. The van der Waals surface area contributed by atoms with Gasteiger partial charge in [0, 0.05) is 36.5 Å². The van der Waals surface area contributed by atoms with Crippen LogP contribution in [-0.4, -0.2) is 69.5 Å². The molecule has 5 rings (SSSR count). The van der Waals surface area contributed by atoms with Gasteiger partial charge in [0.2, 0.25) is 5.91 Å². The number of aromatic nitrogens is 1. The summed E-state index contributed by atoms with van der Waals surface area (Å²) in [6, 6.07) is 14.0. The molecule has 0 radical (unpaired) electrons. The Morgan fingerprint density at radius 2 is 1.61 bits per heavy atom. The third-order valence-corrected chi connectivity index (χ3v) is 7.86. The van der Waals surface area contributed by atoms with Gasteiger partial charge in [0.05, 0.1) is 12.6 Å². The molecular formula is C32H33FN4O4. The van der Waals surface area contributed by atoms with Gasteiger partial charge in [0.25, 0.3) is 11.8 Å². The van der Waals surface area contributed by atoms with Crippen molar-refractivity contribution in [1.82, 2.24) is 20.1 Å². The first-order chi connectivity index (χ1) is 19.5. The van der Waals surface area contributed by atoms with Crippen molar-refractivity contribution in [2.45, 2.75) is 57.2 Å². The Labute approximate surface area is 238 Å². The Morgan fingerprint density at radius 1 is 0.951 bits per heavy atom. The molecule has 2 fully saturated rings. The third kappa shape index (κ3) is 5.89. The van der Waals surface area contributed by atoms with Gasteiger partial charge >= 0.3 is 0 Å². The lowest BCUT2D eigenvalue weighted by Crippen LogP contribution is -2.53. The maximum absolute atomic E-state index is 14.0. The van der Waals surface area contributed by atoms with Gasteiger partial charge in [-0.1, -0.05) is 45.0 Å². The molecule has 2 aliphatic rings. The van der Waals surface area contributed by atoms with Gasteiger partial charge in [-0.05, 0) is 59.4 Å². The summed E-state index contributed by atoms with van der Waals surface area (Å²) in [5.41, 5.74) is 2.48. The molecule has 212 valence electrons. The summed E-state index contributed by atoms with van der Waals surface area (Å²) in [5, 5.41) is 2.86. The topological polar surface area (TPSA) is 99.7 Å². The molecule has 0 bridgehead atoms. The van der Waals surface area contributed by atoms with Gasteiger partial charge in [-0.3, -0.25) is 24.2 Å². The Kier molecular flexibility index (Phi) is 7.71. The van der Waals surface area contributed by atoms with Crippen LogP contribution in [0, 0.1) is 5.82 Å². The van der Waals surface area contributed by atoms with Gasteiger partial charge in [-0.15, -0.1) is 0 Å². The standard InChI is InChI=1S/C32H33FN4O4/c1-32(2,3)23-8-6-21(7-9-23)29(39)35-25(18-20-4-10-24(33)11-5-20)31(41)36-17-14-26-28(36)27(38)19-37(26)30(40)22-12-15-34-16-13-22/h4-13,15-16,25-26,28H,14,17-19H2,1-3H3,(H,35,39)/t25-,26+,28-/m0/s1. The number of hydrogen-bond donors (Lipinski definition) is 1. The number of benzene rings is 2. The zero-order valence-corrected chi connectivity index (χ0v) is 23.3. The van der Waals surface area contributed by atoms with Crippen LogP contribution < -0.4 is 5.32 Å². The summed E-state index contributed by atoms with van der Waals surface area (Å²) in [5.74, 6) is -1.73. The van der Waals surface area contributed by atoms with E-state index in [2.05, 4.69) is 31.1 Å². The number of carbonyl (C=O) groups excluding carboxylic acids is 4. The number of halogens is 1. The molecule has 0 spiro atoms. The second-order valence-corrected chi connectivity index (χ2v) is 11.7. The van der Waals surface area contributed by atoms with Gasteiger partial charge < -0.3 is 15.1 Å². The lowest BCUT2D eigenvalue weighted by atomic mass is 9.86. The van der Waals surface area contributed by atoms with E-state index in [1.54, 1.807) is 36.4 Å². The molecule has 2 aromatic carbocycles. The molecule has 0 unspecified atom stereocenters. The average Bonchev–Trinajstić information content (AvgIpc) is 3.54. The van der Waals surface area contributed by atoms with Crippen LogP contribution >= 0.6 is 0 Å². The number of ketones is 1. The van der Waals surface area contributed by atoms with E-state index < -0.39 is 35.8 Å². The molecular weight excluding hydrogens is 523 g/mol. The predicted octanol–water partition coefficient (Wildman–Crippen LogP) is 3.55. The second kappa shape index (κ2) is 11.2. The summed E-state index contributed by atoms with van der Waals surface area (Å²) in [6.45, 7) is 6.43. The Bertz CT molecular complexity index is 1450. The van der Waals surface area contributed by atoms with Gasteiger partial charge in [-0.25, -0.2) is 4.39 Å². The molecule has 1 aromatic heterocycles. The van der Waals surface area contributed by atoms with E-state index in [9.17, 15) is 23.6 Å². The first-order valence-electron chi connectivity index (χ1n) is 13.7. The zero-order valence-electron chi connectivity index (χ0n) is 23.3. The third-order valence-electron chi connectivity index (χ3n) is 7.86. The second-order valence-electron chi connectivity index (χ2n) is 11.7. The molecule has 2 saturated heterocycles. The number of hydrogen-bond acceptors (Lipinski definition) is 5. The fourth-order valence-electron chi connectivity index (χ4n) is 5.62. The van der Waals surface area contributed by atoms with E-state index in [1.807, 2.05) is 12.1 Å². The minimum absolute atomic E-state index is 0.0805. The highest BCUT2D eigenvalue weighted by Gasteiger charge is 2.52. The largest absolute Gasteiger partial charge is 0.340 e. The highest BCUT2D eigenvalue weighted by atomic mass is 19.1. The molecule has 8 nitrogen and oxygen atoms in total. The number of Topliss-reactive ketones (excluding diaryl/α,β-unsaturated/α-hetero) is 1. The highest BCUT2D eigenvalue weighted by molar-refractivity contribution is 6.03. The number of nitrogens with one attached hydrogen (secondary N) is 1. The molecule has 2 aliphatic heterocycles. The summed E-state index contributed by atoms with van der Waals surface area (Å²) < 4.78 is 13.6. The van der Waals surface area contributed by atoms with Crippen LogP contribution in [0.25, 0.3) is 0 Å². The minimum atomic E-state index is -0.994. The number of amides is 3. The fraction of sp³-hybridized carbons (Fsp3) is 0.344. The lowest BCUT2D eigenvalue weighted by Gasteiger charge is -2.28. The van der Waals surface area contributed by atoms with Crippen molar-refractivity contribution in [3.05, 3.63) is 101 Å². The quantitative estimate of drug-likeness (QED) is 0.501. The van der Waals surface area contributed by atoms with Crippen molar-refractivity contribution in [2.24, 2.45) is 0 Å². The molecule has 0 saturated carbocycles. The summed E-state index contributed by atoms with van der Waals surface area (Å²) in [6.07, 6.45) is 3.61. The van der Waals surface area contributed by atoms with Crippen molar-refractivity contribution in [2.75, 3.05) is 13.1 Å². The summed E-state index contributed by atoms with van der Waals surface area (Å²) in [7, 11) is 0. The normalized spacial score (nSPS) is 19.2. The van der Waals surface area contributed by atoms with Crippen LogP contribution in [-0.2, 0) is 21.4 Å². The van der Waals surface area contributed by atoms with E-state index in [0.717, 1.165) is 5.56 Å². The number of nitrogens with zero attached hydrogens (tertiary/aromatic N) is 3. The summed E-state index contributed by atoms with van der Waals surface area (Å²) in [4.78, 5) is 60.6. The van der Waals surface area contributed by atoms with E-state index >= 15 is 0 Å². The monoisotopic (exact) mass is 556 g/mol. The number of fused-ring (bicyclic) bond motifs is 1. The van der Waals surface area contributed by atoms with Crippen molar-refractivity contribution in [3.63, 3.8) is 0 Å². The van der Waals surface area contributed by atoms with E-state index in [-0.39, 0.29) is 36.6 Å². The lowest BCUT2D eigenvalue weighted by molar-refractivity contribution is -0.138. The number of rotatable bonds is 6. The highest BCUT2D eigenvalue weighted by Crippen LogP contribution is 2.31. The molecule has 3 heterocycles. The van der Waals surface area contributed by atoms with Crippen molar-refractivity contribution >= 4 is 23.5 Å². The Hall–Kier alpha value is -4.40. The van der Waals surface area contributed by atoms with Crippen LogP contribution in [0.1, 0.15) is 59.0 Å². The smallest absolute Gasteiger partial charge is 0.254 e. The number of pyridine rings is 1. The van der Waals surface area contributed by atoms with Crippen LogP contribution in [0.4, 0.5) is 4.39 Å². The van der Waals surface area contributed by atoms with E-state index in [4.69, 9.17) is 0 Å². The SMILES string of the molecule is CC(C)(C)c1ccc(C(=O)N[C@@H](Cc2ccc(F)cc2)C(=O)N2CC[C@@H]3[C@H]2C(=O)CN3C(=O)c2ccncc2)cc1. The maximum atomic E-state index is 14.0. The van der Waals surface area contributed by atoms with Crippen LogP contribution in [0.2, 0.25) is 0 Å². The van der Waals surface area contributed by atoms with Crippen LogP contribution in [0.5, 0.6) is 0 Å². The molecule has 41 heavy (non-hydrogen) atoms. The van der Waals surface area contributed by atoms with Gasteiger partial charge in [-0.2, -0.15) is 0 Å². The van der Waals surface area contributed by atoms with Crippen molar-refractivity contribution in [1.29, 1.82) is 0 Å². The van der Waals surface area contributed by atoms with Gasteiger partial charge in [0.15, 0.2) is 5.78 Å². The molecule has 3 aromatic rings. The van der Waals surface area contributed by atoms with Gasteiger partial charge in [0.1, 0.15) is 17.9 Å². The molecule has 9 heteroatoms. The van der Waals surface area contributed by atoms with Crippen LogP contribution in [0.15, 0.2) is 73.1 Å². The van der Waals surface area contributed by atoms with Crippen molar-refractivity contribution in [3.8, 4) is 0 Å². The maximum Gasteiger partial charge on any atom is 0.254 e. The molecule has 3 amide bonds. The fourth-order valence-corrected chi connectivity index (χ4v) is 5.62. The average molecular weight is 557 g/mol. The number of carbonyl (C=O) groups is 4. The minimum Gasteiger partial charge on any atom is -0.340 e. The Morgan fingerprint density at radius 3 is 2.24 bits per heavy atom. The van der Waals surface area contributed by atoms with Crippen molar-refractivity contribution < 1.29 is 23.6 Å². The summed E-state index contributed by atoms with van der Waals surface area (Å²) >= 11 is 0. The molecule has 1 N–H and O–H groups in total. The molecule has 0 aliphatic carbocycles. The zero-order chi connectivity index (χ0) is 29.3. The first-order valence-corrected chi connectivity index (χ1v) is 13.7.